The molecule has 0 fully saturated rings. The van der Waals surface area contributed by atoms with Crippen LogP contribution in [0.3, 0.4) is 0 Å². The van der Waals surface area contributed by atoms with Gasteiger partial charge in [-0.1, -0.05) is 17.9 Å². The second kappa shape index (κ2) is 8.06. The normalized spacial score (nSPS) is 14.5. The van der Waals surface area contributed by atoms with Crippen LogP contribution in [0.15, 0.2) is 22.9 Å². The number of thiophene rings is 1. The SMILES string of the molecule is C=C(C[C@@H](NS(=C)(=O)c1ccc(F)s1)C(=O)O)c1c(C)c(F)c(F)c(C)c1F. The summed E-state index contributed by atoms with van der Waals surface area (Å²) in [5.41, 5.74) is -1.40. The van der Waals surface area contributed by atoms with Gasteiger partial charge in [0, 0.05) is 11.1 Å². The van der Waals surface area contributed by atoms with Crippen LogP contribution in [0.5, 0.6) is 0 Å². The molecular weight excluding hydrogens is 418 g/mol. The van der Waals surface area contributed by atoms with Gasteiger partial charge >= 0.3 is 5.97 Å². The third-order valence-corrected chi connectivity index (χ3v) is 7.26. The van der Waals surface area contributed by atoms with Crippen molar-refractivity contribution in [3.63, 3.8) is 0 Å². The molecule has 1 unspecified atom stereocenters. The highest BCUT2D eigenvalue weighted by atomic mass is 32.2. The first-order valence-electron chi connectivity index (χ1n) is 7.81. The van der Waals surface area contributed by atoms with Crippen LogP contribution in [0.1, 0.15) is 23.1 Å². The van der Waals surface area contributed by atoms with Crippen LogP contribution in [-0.2, 0) is 14.5 Å². The molecule has 4 nitrogen and oxygen atoms in total. The van der Waals surface area contributed by atoms with Crippen LogP contribution >= 0.6 is 11.3 Å². The molecule has 0 spiro atoms. The maximum absolute atomic E-state index is 14.5. The predicted octanol–water partition coefficient (Wildman–Crippen LogP) is 4.06. The van der Waals surface area contributed by atoms with Gasteiger partial charge in [-0.05, 0) is 49.4 Å². The summed E-state index contributed by atoms with van der Waals surface area (Å²) in [6.07, 6.45) is -0.474. The zero-order valence-corrected chi connectivity index (χ0v) is 16.6. The molecule has 2 atom stereocenters. The molecule has 0 aliphatic rings. The average Bonchev–Trinajstić information content (AvgIpc) is 3.05. The summed E-state index contributed by atoms with van der Waals surface area (Å²) in [5.74, 6) is -1.68. The van der Waals surface area contributed by atoms with Gasteiger partial charge in [0.15, 0.2) is 16.8 Å². The minimum Gasteiger partial charge on any atom is -0.480 e. The molecule has 28 heavy (non-hydrogen) atoms. The number of carbonyl (C=O) groups is 1. The van der Waals surface area contributed by atoms with Crippen LogP contribution in [0.4, 0.5) is 17.6 Å². The van der Waals surface area contributed by atoms with E-state index < -0.39 is 56.3 Å². The molecule has 1 aromatic heterocycles. The van der Waals surface area contributed by atoms with Crippen molar-refractivity contribution in [3.8, 4) is 0 Å². The molecule has 0 aliphatic carbocycles. The summed E-state index contributed by atoms with van der Waals surface area (Å²) >= 11 is 0.540. The number of halogens is 4. The second-order valence-corrected chi connectivity index (χ2v) is 9.44. The molecule has 0 bridgehead atoms. The molecule has 2 rings (SSSR count). The number of hydrogen-bond acceptors (Lipinski definition) is 3. The van der Waals surface area contributed by atoms with Crippen molar-refractivity contribution in [1.29, 1.82) is 0 Å². The fourth-order valence-corrected chi connectivity index (χ4v) is 5.03. The summed E-state index contributed by atoms with van der Waals surface area (Å²) in [6, 6.07) is 0.720. The standard InChI is InChI=1S/C18H17F4NO3S2/c1-8(14-9(2)16(21)17(22)10(3)15(14)20)7-11(18(24)25)23-28(4,26)13-6-5-12(19)27-13/h5-6,11H,1,4,7H2,2-3H3,(H,23,26)(H,24,25)/t11-,28?/m1/s1. The third-order valence-electron chi connectivity index (χ3n) is 4.08. The van der Waals surface area contributed by atoms with Gasteiger partial charge in [-0.25, -0.2) is 22.1 Å². The Kier molecular flexibility index (Phi) is 6.37. The number of hydrogen-bond donors (Lipinski definition) is 2. The summed E-state index contributed by atoms with van der Waals surface area (Å²) < 4.78 is 70.3. The van der Waals surface area contributed by atoms with Crippen LogP contribution in [-0.4, -0.2) is 27.2 Å². The lowest BCUT2D eigenvalue weighted by Gasteiger charge is -2.20. The van der Waals surface area contributed by atoms with Crippen molar-refractivity contribution in [1.82, 2.24) is 4.72 Å². The van der Waals surface area contributed by atoms with Crippen LogP contribution in [0, 0.1) is 36.4 Å². The van der Waals surface area contributed by atoms with E-state index in [1.54, 1.807) is 0 Å². The Morgan fingerprint density at radius 3 is 2.25 bits per heavy atom. The number of aliphatic carboxylic acids is 1. The third kappa shape index (κ3) is 4.29. The van der Waals surface area contributed by atoms with E-state index in [1.165, 1.54) is 6.07 Å². The Morgan fingerprint density at radius 2 is 1.75 bits per heavy atom. The maximum Gasteiger partial charge on any atom is 0.321 e. The van der Waals surface area contributed by atoms with E-state index in [0.29, 0.717) is 11.3 Å². The van der Waals surface area contributed by atoms with Crippen LogP contribution in [0.25, 0.3) is 5.57 Å². The first-order chi connectivity index (χ1) is 12.9. The Labute approximate surface area is 163 Å². The molecular formula is C18H17F4NO3S2. The molecule has 1 heterocycles. The van der Waals surface area contributed by atoms with Gasteiger partial charge in [0.25, 0.3) is 0 Å². The minimum atomic E-state index is -3.38. The maximum atomic E-state index is 14.5. The number of carboxylic acid groups (broad SMARTS) is 1. The van der Waals surface area contributed by atoms with Crippen molar-refractivity contribution in [2.24, 2.45) is 0 Å². The van der Waals surface area contributed by atoms with Crippen molar-refractivity contribution < 1.29 is 31.7 Å². The number of carboxylic acids is 1. The molecule has 2 N–H and O–H groups in total. The Hall–Kier alpha value is -2.17. The first kappa shape index (κ1) is 22.1. The van der Waals surface area contributed by atoms with Gasteiger partial charge in [0.1, 0.15) is 11.9 Å². The molecule has 1 aromatic carbocycles. The summed E-state index contributed by atoms with van der Waals surface area (Å²) in [4.78, 5) is 11.6. The zero-order valence-electron chi connectivity index (χ0n) is 14.9. The number of benzene rings is 1. The fourth-order valence-electron chi connectivity index (χ4n) is 2.60. The molecule has 0 radical (unpaired) electrons. The molecule has 2 aromatic rings. The highest BCUT2D eigenvalue weighted by Crippen LogP contribution is 2.31. The lowest BCUT2D eigenvalue weighted by atomic mass is 9.93. The Balaban J connectivity index is 2.36. The van der Waals surface area contributed by atoms with Crippen LogP contribution in [0.2, 0.25) is 0 Å². The molecule has 0 saturated heterocycles. The molecule has 0 saturated carbocycles. The molecule has 0 amide bonds. The van der Waals surface area contributed by atoms with Crippen molar-refractivity contribution >= 4 is 38.5 Å². The highest BCUT2D eigenvalue weighted by Gasteiger charge is 2.27. The number of rotatable bonds is 7. The summed E-state index contributed by atoms with van der Waals surface area (Å²) in [5, 5.41) is 8.80. The first-order valence-corrected chi connectivity index (χ1v) is 10.4. The quantitative estimate of drug-likeness (QED) is 0.392. The summed E-state index contributed by atoms with van der Waals surface area (Å²) in [7, 11) is -3.38. The minimum absolute atomic E-state index is 0.00658. The van der Waals surface area contributed by atoms with E-state index in [4.69, 9.17) is 0 Å². The van der Waals surface area contributed by atoms with E-state index in [2.05, 4.69) is 17.2 Å². The van der Waals surface area contributed by atoms with Crippen molar-refractivity contribution in [2.45, 2.75) is 30.5 Å². The topological polar surface area (TPSA) is 66.4 Å². The smallest absolute Gasteiger partial charge is 0.321 e. The zero-order chi connectivity index (χ0) is 21.4. The lowest BCUT2D eigenvalue weighted by Crippen LogP contribution is -2.40. The van der Waals surface area contributed by atoms with Gasteiger partial charge in [-0.15, -0.1) is 0 Å². The van der Waals surface area contributed by atoms with E-state index in [9.17, 15) is 31.7 Å². The average molecular weight is 435 g/mol. The summed E-state index contributed by atoms with van der Waals surface area (Å²) in [6.45, 7) is 5.77. The lowest BCUT2D eigenvalue weighted by molar-refractivity contribution is -0.138. The van der Waals surface area contributed by atoms with Crippen LogP contribution < -0.4 is 4.72 Å². The van der Waals surface area contributed by atoms with Gasteiger partial charge < -0.3 is 5.11 Å². The number of nitrogens with one attached hydrogen (secondary N) is 1. The Morgan fingerprint density at radius 1 is 1.18 bits per heavy atom. The molecule has 152 valence electrons. The van der Waals surface area contributed by atoms with Crippen molar-refractivity contribution in [3.05, 3.63) is 58.0 Å². The molecule has 0 aliphatic heterocycles. The van der Waals surface area contributed by atoms with E-state index >= 15 is 0 Å². The second-order valence-electron chi connectivity index (χ2n) is 6.12. The van der Waals surface area contributed by atoms with E-state index in [1.807, 2.05) is 0 Å². The van der Waals surface area contributed by atoms with Crippen molar-refractivity contribution in [2.75, 3.05) is 0 Å². The van der Waals surface area contributed by atoms with Gasteiger partial charge in [-0.2, -0.15) is 4.39 Å². The Bertz CT molecular complexity index is 1030. The monoisotopic (exact) mass is 435 g/mol. The predicted molar refractivity (Wildman–Crippen MR) is 102 cm³/mol. The van der Waals surface area contributed by atoms with E-state index in [-0.39, 0.29) is 20.9 Å². The largest absolute Gasteiger partial charge is 0.480 e. The van der Waals surface area contributed by atoms with Gasteiger partial charge in [0.05, 0.1) is 13.9 Å². The van der Waals surface area contributed by atoms with Gasteiger partial charge in [0.2, 0.25) is 0 Å². The fraction of sp³-hybridized carbons (Fsp3) is 0.222. The molecule has 10 heteroatoms. The van der Waals surface area contributed by atoms with E-state index in [0.717, 1.165) is 19.9 Å². The van der Waals surface area contributed by atoms with Gasteiger partial charge in [-0.3, -0.25) is 4.79 Å². The highest BCUT2D eigenvalue weighted by molar-refractivity contribution is 8.00.